The molecule has 2 rings (SSSR count). The second-order valence-electron chi connectivity index (χ2n) is 5.59. The zero-order valence-electron chi connectivity index (χ0n) is 12.2. The van der Waals surface area contributed by atoms with E-state index in [1.165, 1.54) is 0 Å². The third kappa shape index (κ3) is 4.56. The number of nitrogens with one attached hydrogen (secondary N) is 1. The van der Waals surface area contributed by atoms with Crippen molar-refractivity contribution in [2.75, 3.05) is 20.3 Å². The fourth-order valence-corrected chi connectivity index (χ4v) is 2.28. The standard InChI is InChI=1S/C15H25N3O/c1-12(2)16-9-13-5-4-6-14(17-13)10-18(3)15-7-8-19-11-15/h4-6,12,15-16H,7-11H2,1-3H3. The van der Waals surface area contributed by atoms with Crippen LogP contribution in [0.5, 0.6) is 0 Å². The predicted molar refractivity (Wildman–Crippen MR) is 76.9 cm³/mol. The topological polar surface area (TPSA) is 37.4 Å². The summed E-state index contributed by atoms with van der Waals surface area (Å²) in [4.78, 5) is 7.05. The van der Waals surface area contributed by atoms with Crippen molar-refractivity contribution in [1.82, 2.24) is 15.2 Å². The Hall–Kier alpha value is -0.970. The van der Waals surface area contributed by atoms with Gasteiger partial charge in [0.2, 0.25) is 0 Å². The first kappa shape index (κ1) is 14.4. The highest BCUT2D eigenvalue weighted by Crippen LogP contribution is 2.13. The summed E-state index contributed by atoms with van der Waals surface area (Å²) < 4.78 is 5.43. The average molecular weight is 263 g/mol. The first-order chi connectivity index (χ1) is 9.15. The van der Waals surface area contributed by atoms with Gasteiger partial charge in [0.15, 0.2) is 0 Å². The molecule has 1 N–H and O–H groups in total. The highest BCUT2D eigenvalue weighted by Gasteiger charge is 2.20. The molecule has 4 heteroatoms. The summed E-state index contributed by atoms with van der Waals surface area (Å²) in [6.45, 7) is 7.77. The van der Waals surface area contributed by atoms with Gasteiger partial charge in [0, 0.05) is 31.8 Å². The van der Waals surface area contributed by atoms with Crippen LogP contribution in [0.1, 0.15) is 31.7 Å². The molecule has 1 aromatic rings. The van der Waals surface area contributed by atoms with Crippen molar-refractivity contribution in [2.24, 2.45) is 0 Å². The minimum absolute atomic E-state index is 0.490. The van der Waals surface area contributed by atoms with E-state index in [0.29, 0.717) is 12.1 Å². The lowest BCUT2D eigenvalue weighted by Gasteiger charge is -2.22. The van der Waals surface area contributed by atoms with Crippen LogP contribution in [0, 0.1) is 0 Å². The van der Waals surface area contributed by atoms with Crippen LogP contribution in [0.15, 0.2) is 18.2 Å². The maximum atomic E-state index is 5.43. The molecule has 19 heavy (non-hydrogen) atoms. The van der Waals surface area contributed by atoms with Gasteiger partial charge in [0.05, 0.1) is 18.0 Å². The number of likely N-dealkylation sites (N-methyl/N-ethyl adjacent to an activating group) is 1. The number of aromatic nitrogens is 1. The van der Waals surface area contributed by atoms with E-state index < -0.39 is 0 Å². The predicted octanol–water partition coefficient (Wildman–Crippen LogP) is 1.80. The molecular weight excluding hydrogens is 238 g/mol. The van der Waals surface area contributed by atoms with Gasteiger partial charge in [-0.1, -0.05) is 19.9 Å². The molecule has 1 aliphatic rings. The Labute approximate surface area is 116 Å². The fourth-order valence-electron chi connectivity index (χ4n) is 2.28. The molecule has 1 fully saturated rings. The van der Waals surface area contributed by atoms with Crippen molar-refractivity contribution in [3.05, 3.63) is 29.6 Å². The van der Waals surface area contributed by atoms with Crippen LogP contribution in [-0.4, -0.2) is 42.2 Å². The molecule has 0 amide bonds. The zero-order valence-corrected chi connectivity index (χ0v) is 12.2. The molecule has 0 spiro atoms. The Bertz CT molecular complexity index is 389. The minimum Gasteiger partial charge on any atom is -0.380 e. The number of hydrogen-bond acceptors (Lipinski definition) is 4. The second-order valence-corrected chi connectivity index (χ2v) is 5.59. The average Bonchev–Trinajstić information content (AvgIpc) is 2.91. The molecule has 0 radical (unpaired) electrons. The summed E-state index contributed by atoms with van der Waals surface area (Å²) in [5.41, 5.74) is 2.25. The molecule has 0 aliphatic carbocycles. The molecule has 1 saturated heterocycles. The molecule has 4 nitrogen and oxygen atoms in total. The third-order valence-electron chi connectivity index (χ3n) is 3.50. The molecule has 106 valence electrons. The number of hydrogen-bond donors (Lipinski definition) is 1. The molecule has 1 aliphatic heterocycles. The molecule has 2 heterocycles. The van der Waals surface area contributed by atoms with Crippen LogP contribution in [0.2, 0.25) is 0 Å². The van der Waals surface area contributed by atoms with Crippen molar-refractivity contribution in [3.63, 3.8) is 0 Å². The van der Waals surface area contributed by atoms with Crippen LogP contribution in [0.4, 0.5) is 0 Å². The third-order valence-corrected chi connectivity index (χ3v) is 3.50. The van der Waals surface area contributed by atoms with Gasteiger partial charge in [0.1, 0.15) is 0 Å². The van der Waals surface area contributed by atoms with Gasteiger partial charge in [-0.15, -0.1) is 0 Å². The lowest BCUT2D eigenvalue weighted by molar-refractivity contribution is 0.155. The van der Waals surface area contributed by atoms with E-state index in [0.717, 1.165) is 44.1 Å². The Morgan fingerprint density at radius 3 is 2.89 bits per heavy atom. The first-order valence-corrected chi connectivity index (χ1v) is 7.11. The van der Waals surface area contributed by atoms with Gasteiger partial charge in [-0.25, -0.2) is 0 Å². The zero-order chi connectivity index (χ0) is 13.7. The van der Waals surface area contributed by atoms with Crippen LogP contribution in [0.25, 0.3) is 0 Å². The van der Waals surface area contributed by atoms with Gasteiger partial charge in [0.25, 0.3) is 0 Å². The number of ether oxygens (including phenoxy) is 1. The largest absolute Gasteiger partial charge is 0.380 e. The van der Waals surface area contributed by atoms with E-state index in [4.69, 9.17) is 9.72 Å². The van der Waals surface area contributed by atoms with Gasteiger partial charge in [-0.05, 0) is 25.6 Å². The van der Waals surface area contributed by atoms with E-state index >= 15 is 0 Å². The number of pyridine rings is 1. The summed E-state index contributed by atoms with van der Waals surface area (Å²) >= 11 is 0. The lowest BCUT2D eigenvalue weighted by Crippen LogP contribution is -2.31. The lowest BCUT2D eigenvalue weighted by atomic mass is 10.2. The molecule has 0 aromatic carbocycles. The fraction of sp³-hybridized carbons (Fsp3) is 0.667. The van der Waals surface area contributed by atoms with Crippen molar-refractivity contribution >= 4 is 0 Å². The monoisotopic (exact) mass is 263 g/mol. The minimum atomic E-state index is 0.490. The summed E-state index contributed by atoms with van der Waals surface area (Å²) in [5.74, 6) is 0. The van der Waals surface area contributed by atoms with Gasteiger partial charge >= 0.3 is 0 Å². The normalized spacial score (nSPS) is 19.5. The molecule has 0 saturated carbocycles. The van der Waals surface area contributed by atoms with Crippen LogP contribution in [-0.2, 0) is 17.8 Å². The Kier molecular flexibility index (Phi) is 5.31. The van der Waals surface area contributed by atoms with Crippen molar-refractivity contribution in [1.29, 1.82) is 0 Å². The van der Waals surface area contributed by atoms with Gasteiger partial charge in [-0.2, -0.15) is 0 Å². The maximum Gasteiger partial charge on any atom is 0.0622 e. The van der Waals surface area contributed by atoms with Crippen LogP contribution < -0.4 is 5.32 Å². The maximum absolute atomic E-state index is 5.43. The van der Waals surface area contributed by atoms with Crippen molar-refractivity contribution in [2.45, 2.75) is 45.4 Å². The van der Waals surface area contributed by atoms with Crippen LogP contribution >= 0.6 is 0 Å². The summed E-state index contributed by atoms with van der Waals surface area (Å²) in [5, 5.41) is 3.40. The molecule has 0 bridgehead atoms. The number of nitrogens with zero attached hydrogens (tertiary/aromatic N) is 2. The smallest absolute Gasteiger partial charge is 0.0622 e. The number of rotatable bonds is 6. The van der Waals surface area contributed by atoms with E-state index in [-0.39, 0.29) is 0 Å². The Balaban J connectivity index is 1.90. The summed E-state index contributed by atoms with van der Waals surface area (Å²) in [6, 6.07) is 7.31. The van der Waals surface area contributed by atoms with Gasteiger partial charge in [-0.3, -0.25) is 9.88 Å². The van der Waals surface area contributed by atoms with Gasteiger partial charge < -0.3 is 10.1 Å². The molecular formula is C15H25N3O. The summed E-state index contributed by atoms with van der Waals surface area (Å²) in [7, 11) is 2.15. The Morgan fingerprint density at radius 2 is 2.21 bits per heavy atom. The second kappa shape index (κ2) is 6.98. The van der Waals surface area contributed by atoms with Crippen molar-refractivity contribution < 1.29 is 4.74 Å². The quantitative estimate of drug-likeness (QED) is 0.849. The SMILES string of the molecule is CC(C)NCc1cccc(CN(C)C2CCOC2)n1. The van der Waals surface area contributed by atoms with Crippen LogP contribution in [0.3, 0.4) is 0 Å². The van der Waals surface area contributed by atoms with E-state index in [1.54, 1.807) is 0 Å². The highest BCUT2D eigenvalue weighted by molar-refractivity contribution is 5.11. The Morgan fingerprint density at radius 1 is 1.42 bits per heavy atom. The highest BCUT2D eigenvalue weighted by atomic mass is 16.5. The molecule has 1 aromatic heterocycles. The van der Waals surface area contributed by atoms with E-state index in [1.807, 2.05) is 0 Å². The first-order valence-electron chi connectivity index (χ1n) is 7.11. The van der Waals surface area contributed by atoms with E-state index in [9.17, 15) is 0 Å². The molecule has 1 unspecified atom stereocenters. The summed E-state index contributed by atoms with van der Waals surface area (Å²) in [6.07, 6.45) is 1.13. The van der Waals surface area contributed by atoms with Crippen molar-refractivity contribution in [3.8, 4) is 0 Å². The van der Waals surface area contributed by atoms with E-state index in [2.05, 4.69) is 49.3 Å². The molecule has 1 atom stereocenters.